The van der Waals surface area contributed by atoms with Gasteiger partial charge < -0.3 is 20.3 Å². The lowest BCUT2D eigenvalue weighted by Gasteiger charge is -2.20. The van der Waals surface area contributed by atoms with Crippen LogP contribution in [0.1, 0.15) is 399 Å². The number of amides is 1. The molecule has 80 heavy (non-hydrogen) atoms. The SMILES string of the molecule is CCCCC/C=C\C/C=C\CCCCCCCCCCCC(=O)OCCCCCCCCCCCCCCCCCCCCCCCCCCCCCCCCC(=O)NC(CO)C(O)/C=C/CCCCCCCCCCCCCC. The van der Waals surface area contributed by atoms with Crippen molar-refractivity contribution < 1.29 is 24.5 Å². The highest BCUT2D eigenvalue weighted by molar-refractivity contribution is 5.76. The smallest absolute Gasteiger partial charge is 0.305 e. The van der Waals surface area contributed by atoms with Crippen LogP contribution in [-0.4, -0.2) is 47.4 Å². The van der Waals surface area contributed by atoms with E-state index < -0.39 is 12.1 Å². The third-order valence-corrected chi connectivity index (χ3v) is 16.9. The monoisotopic (exact) mass is 1120 g/mol. The highest BCUT2D eigenvalue weighted by Gasteiger charge is 2.18. The predicted octanol–water partition coefficient (Wildman–Crippen LogP) is 23.5. The molecule has 0 radical (unpaired) electrons. The van der Waals surface area contributed by atoms with E-state index in [9.17, 15) is 19.8 Å². The summed E-state index contributed by atoms with van der Waals surface area (Å²) >= 11 is 0. The third kappa shape index (κ3) is 65.2. The van der Waals surface area contributed by atoms with Crippen LogP contribution in [0, 0.1) is 0 Å². The highest BCUT2D eigenvalue weighted by atomic mass is 16.5. The zero-order valence-corrected chi connectivity index (χ0v) is 54.1. The van der Waals surface area contributed by atoms with Crippen molar-refractivity contribution in [2.24, 2.45) is 0 Å². The first-order chi connectivity index (χ1) is 39.5. The molecule has 0 fully saturated rings. The molecule has 0 spiro atoms. The molecule has 0 heterocycles. The lowest BCUT2D eigenvalue weighted by Crippen LogP contribution is -2.45. The van der Waals surface area contributed by atoms with Crippen LogP contribution in [0.5, 0.6) is 0 Å². The number of unbranched alkanes of at least 4 members (excludes halogenated alkanes) is 53. The summed E-state index contributed by atoms with van der Waals surface area (Å²) in [4.78, 5) is 24.6. The summed E-state index contributed by atoms with van der Waals surface area (Å²) in [6, 6.07) is -0.624. The normalized spacial score (nSPS) is 12.7. The lowest BCUT2D eigenvalue weighted by molar-refractivity contribution is -0.143. The van der Waals surface area contributed by atoms with Gasteiger partial charge in [-0.1, -0.05) is 359 Å². The Balaban J connectivity index is 3.33. The van der Waals surface area contributed by atoms with Gasteiger partial charge in [-0.3, -0.25) is 9.59 Å². The third-order valence-electron chi connectivity index (χ3n) is 16.9. The zero-order valence-electron chi connectivity index (χ0n) is 54.1. The maximum atomic E-state index is 12.5. The molecule has 0 aliphatic heterocycles. The molecule has 0 aromatic heterocycles. The Morgan fingerprint density at radius 3 is 0.975 bits per heavy atom. The van der Waals surface area contributed by atoms with Crippen molar-refractivity contribution >= 4 is 11.9 Å². The van der Waals surface area contributed by atoms with Crippen LogP contribution in [0.2, 0.25) is 0 Å². The van der Waals surface area contributed by atoms with Gasteiger partial charge in [0.15, 0.2) is 0 Å². The summed E-state index contributed by atoms with van der Waals surface area (Å²) in [5.74, 6) is -0.0458. The van der Waals surface area contributed by atoms with Crippen molar-refractivity contribution in [3.8, 4) is 0 Å². The molecule has 0 saturated carbocycles. The average Bonchev–Trinajstić information content (AvgIpc) is 3.46. The van der Waals surface area contributed by atoms with E-state index in [1.54, 1.807) is 6.08 Å². The molecule has 0 aliphatic carbocycles. The Labute approximate surface area is 500 Å². The quantitative estimate of drug-likeness (QED) is 0.0320. The fourth-order valence-corrected chi connectivity index (χ4v) is 11.4. The standard InChI is InChI=1S/C74H141NO5/c1-3-5-7-9-11-13-15-17-19-20-33-37-40-44-48-52-56-60-64-68-74(79)80-69-65-61-57-53-49-45-41-38-35-32-30-28-26-24-22-21-23-25-27-29-31-34-36-39-43-47-51-55-59-63-67-73(78)75-71(70-76)72(77)66-62-58-54-50-46-42-18-16-14-12-10-8-6-4-2/h11,13,17,19,62,66,71-72,76-77H,3-10,12,14-16,18,20-61,63-65,67-70H2,1-2H3,(H,75,78)/b13-11-,19-17-,66-62+. The molecule has 0 aliphatic rings. The van der Waals surface area contributed by atoms with Gasteiger partial charge in [-0.05, 0) is 64.2 Å². The largest absolute Gasteiger partial charge is 0.466 e. The van der Waals surface area contributed by atoms with Crippen LogP contribution in [0.4, 0.5) is 0 Å². The van der Waals surface area contributed by atoms with Crippen molar-refractivity contribution in [3.05, 3.63) is 36.5 Å². The Bertz CT molecular complexity index is 1300. The molecule has 472 valence electrons. The second-order valence-corrected chi connectivity index (χ2v) is 24.9. The maximum absolute atomic E-state index is 12.5. The summed E-state index contributed by atoms with van der Waals surface area (Å²) in [5.41, 5.74) is 0. The summed E-state index contributed by atoms with van der Waals surface area (Å²) < 4.78 is 5.51. The minimum atomic E-state index is -0.841. The van der Waals surface area contributed by atoms with E-state index >= 15 is 0 Å². The Morgan fingerprint density at radius 1 is 0.350 bits per heavy atom. The van der Waals surface area contributed by atoms with Crippen molar-refractivity contribution in [1.29, 1.82) is 0 Å². The molecule has 0 aromatic rings. The van der Waals surface area contributed by atoms with Gasteiger partial charge >= 0.3 is 5.97 Å². The zero-order chi connectivity index (χ0) is 57.8. The van der Waals surface area contributed by atoms with Gasteiger partial charge in [0, 0.05) is 12.8 Å². The van der Waals surface area contributed by atoms with Crippen LogP contribution in [0.15, 0.2) is 36.5 Å². The second-order valence-electron chi connectivity index (χ2n) is 24.9. The number of aliphatic hydroxyl groups excluding tert-OH is 2. The van der Waals surface area contributed by atoms with Gasteiger partial charge in [-0.15, -0.1) is 0 Å². The van der Waals surface area contributed by atoms with Crippen molar-refractivity contribution in [2.75, 3.05) is 13.2 Å². The molecule has 2 atom stereocenters. The number of allylic oxidation sites excluding steroid dienone is 5. The van der Waals surface area contributed by atoms with Crippen LogP contribution >= 0.6 is 0 Å². The fourth-order valence-electron chi connectivity index (χ4n) is 11.4. The highest BCUT2D eigenvalue weighted by Crippen LogP contribution is 2.19. The first-order valence-corrected chi connectivity index (χ1v) is 36.3. The topological polar surface area (TPSA) is 95.9 Å². The van der Waals surface area contributed by atoms with Crippen LogP contribution < -0.4 is 5.32 Å². The molecule has 0 rings (SSSR count). The van der Waals surface area contributed by atoms with Crippen LogP contribution in [0.25, 0.3) is 0 Å². The van der Waals surface area contributed by atoms with Gasteiger partial charge in [0.2, 0.25) is 5.91 Å². The Kier molecular flexibility index (Phi) is 67.9. The molecule has 0 saturated heterocycles. The fraction of sp³-hybridized carbons (Fsp3) is 0.892. The van der Waals surface area contributed by atoms with Gasteiger partial charge in [0.25, 0.3) is 0 Å². The molecule has 1 amide bonds. The first-order valence-electron chi connectivity index (χ1n) is 36.3. The van der Waals surface area contributed by atoms with Gasteiger partial charge in [0.05, 0.1) is 25.4 Å². The molecule has 0 bridgehead atoms. The van der Waals surface area contributed by atoms with E-state index in [0.29, 0.717) is 19.4 Å². The van der Waals surface area contributed by atoms with Gasteiger partial charge in [-0.25, -0.2) is 0 Å². The average molecular weight is 1120 g/mol. The molecule has 6 heteroatoms. The van der Waals surface area contributed by atoms with E-state index in [1.807, 2.05) is 6.08 Å². The van der Waals surface area contributed by atoms with E-state index in [0.717, 1.165) is 51.4 Å². The van der Waals surface area contributed by atoms with E-state index in [2.05, 4.69) is 43.5 Å². The number of rotatable bonds is 68. The van der Waals surface area contributed by atoms with Crippen molar-refractivity contribution in [1.82, 2.24) is 5.32 Å². The van der Waals surface area contributed by atoms with E-state index in [1.165, 1.54) is 321 Å². The minimum Gasteiger partial charge on any atom is -0.466 e. The number of hydrogen-bond donors (Lipinski definition) is 3. The van der Waals surface area contributed by atoms with E-state index in [-0.39, 0.29) is 18.5 Å². The van der Waals surface area contributed by atoms with E-state index in [4.69, 9.17) is 4.74 Å². The van der Waals surface area contributed by atoms with Crippen molar-refractivity contribution in [3.63, 3.8) is 0 Å². The Hall–Kier alpha value is -1.92. The molecule has 6 nitrogen and oxygen atoms in total. The summed E-state index contributed by atoms with van der Waals surface area (Å²) in [6.45, 7) is 4.91. The molecule has 0 aromatic carbocycles. The molecule has 2 unspecified atom stereocenters. The number of nitrogens with one attached hydrogen (secondary N) is 1. The summed E-state index contributed by atoms with van der Waals surface area (Å²) in [6.07, 6.45) is 89.5. The van der Waals surface area contributed by atoms with Crippen LogP contribution in [0.3, 0.4) is 0 Å². The molecule has 3 N–H and O–H groups in total. The number of hydrogen-bond acceptors (Lipinski definition) is 5. The first kappa shape index (κ1) is 78.1. The lowest BCUT2D eigenvalue weighted by atomic mass is 10.0. The number of ether oxygens (including phenoxy) is 1. The summed E-state index contributed by atoms with van der Waals surface area (Å²) in [7, 11) is 0. The molecular formula is C74H141NO5. The van der Waals surface area contributed by atoms with Gasteiger partial charge in [-0.2, -0.15) is 0 Å². The maximum Gasteiger partial charge on any atom is 0.305 e. The van der Waals surface area contributed by atoms with Crippen LogP contribution in [-0.2, 0) is 14.3 Å². The van der Waals surface area contributed by atoms with Crippen molar-refractivity contribution in [2.45, 2.75) is 411 Å². The molecular weight excluding hydrogens is 983 g/mol. The summed E-state index contributed by atoms with van der Waals surface area (Å²) in [5, 5.41) is 23.1. The number of aliphatic hydroxyl groups is 2. The number of carbonyl (C=O) groups excluding carboxylic acids is 2. The Morgan fingerprint density at radius 2 is 0.625 bits per heavy atom. The predicted molar refractivity (Wildman–Crippen MR) is 352 cm³/mol. The number of carbonyl (C=O) groups is 2. The van der Waals surface area contributed by atoms with Gasteiger partial charge in [0.1, 0.15) is 0 Å². The minimum absolute atomic E-state index is 0.0164. The number of esters is 1. The second kappa shape index (κ2) is 69.6.